The fraction of sp³-hybridized carbons (Fsp3) is 1.00. The molecule has 0 radical (unpaired) electrons. The Kier molecular flexibility index (Phi) is 3.41. The zero-order chi connectivity index (χ0) is 7.49. The minimum atomic E-state index is -3.21. The summed E-state index contributed by atoms with van der Waals surface area (Å²) < 4.78 is 10.8. The van der Waals surface area contributed by atoms with E-state index in [4.69, 9.17) is 10.00 Å². The van der Waals surface area contributed by atoms with Crippen LogP contribution in [0.5, 0.6) is 0 Å². The largest absolute Gasteiger partial charge is 0.386 e. The first-order valence-electron chi connectivity index (χ1n) is 2.97. The Balaban J connectivity index is 3.98. The Hall–Kier alpha value is 0.150. The molecule has 0 aromatic heterocycles. The third-order valence-corrected chi connectivity index (χ3v) is 3.63. The first-order chi connectivity index (χ1) is 4.04. The Morgan fingerprint density at radius 2 is 2.11 bits per heavy atom. The zero-order valence-corrected chi connectivity index (χ0v) is 6.64. The lowest BCUT2D eigenvalue weighted by Gasteiger charge is -2.13. The average molecular weight is 152 g/mol. The van der Waals surface area contributed by atoms with Crippen molar-refractivity contribution in [1.29, 1.82) is 0 Å². The van der Waals surface area contributed by atoms with Crippen LogP contribution in [0.2, 0.25) is 0 Å². The van der Waals surface area contributed by atoms with Gasteiger partial charge in [0.1, 0.15) is 6.35 Å². The van der Waals surface area contributed by atoms with Crippen molar-refractivity contribution in [2.45, 2.75) is 25.9 Å². The number of aliphatic hydroxyl groups excluding tert-OH is 1. The van der Waals surface area contributed by atoms with Crippen LogP contribution in [0, 0.1) is 0 Å². The summed E-state index contributed by atoms with van der Waals surface area (Å²) in [6, 6.07) is 0. The van der Waals surface area contributed by atoms with Gasteiger partial charge in [0.15, 0.2) is 0 Å². The fourth-order valence-electron chi connectivity index (χ4n) is 0.425. The van der Waals surface area contributed by atoms with Gasteiger partial charge in [-0.2, -0.15) is 0 Å². The summed E-state index contributed by atoms with van der Waals surface area (Å²) >= 11 is 0. The first kappa shape index (κ1) is 9.15. The molecule has 2 N–H and O–H groups in total. The third kappa shape index (κ3) is 2.48. The molecule has 0 saturated heterocycles. The molecule has 0 heterocycles. The van der Waals surface area contributed by atoms with Crippen LogP contribution in [0.1, 0.15) is 20.3 Å². The van der Waals surface area contributed by atoms with Gasteiger partial charge in [0.25, 0.3) is 0 Å². The summed E-state index contributed by atoms with van der Waals surface area (Å²) in [6.07, 6.45) is 0.0380. The summed E-state index contributed by atoms with van der Waals surface area (Å²) in [5.41, 5.74) is -0.275. The molecule has 0 aliphatic carbocycles. The van der Waals surface area contributed by atoms with E-state index in [1.807, 2.05) is 6.92 Å². The molecule has 0 aromatic rings. The van der Waals surface area contributed by atoms with Crippen LogP contribution >= 0.6 is 7.37 Å². The molecule has 0 saturated carbocycles. The first-order valence-corrected chi connectivity index (χ1v) is 4.88. The average Bonchev–Trinajstić information content (AvgIpc) is 1.86. The van der Waals surface area contributed by atoms with E-state index in [2.05, 4.69) is 0 Å². The molecule has 3 nitrogen and oxygen atoms in total. The molecule has 0 aliphatic heterocycles. The van der Waals surface area contributed by atoms with Gasteiger partial charge in [-0.15, -0.1) is 0 Å². The van der Waals surface area contributed by atoms with Crippen LogP contribution in [-0.2, 0) is 4.57 Å². The maximum Gasteiger partial charge on any atom is 0.227 e. The molecule has 0 fully saturated rings. The van der Waals surface area contributed by atoms with E-state index in [-0.39, 0.29) is 5.66 Å². The molecule has 56 valence electrons. The highest BCUT2D eigenvalue weighted by Crippen LogP contribution is 2.45. The number of hydrogen-bond acceptors (Lipinski definition) is 2. The maximum atomic E-state index is 10.8. The lowest BCUT2D eigenvalue weighted by molar-refractivity contribution is 0.328. The smallest absolute Gasteiger partial charge is 0.227 e. The third-order valence-electron chi connectivity index (χ3n) is 1.48. The molecule has 0 aromatic carbocycles. The van der Waals surface area contributed by atoms with Gasteiger partial charge in [0.05, 0.1) is 0 Å². The van der Waals surface area contributed by atoms with Crippen molar-refractivity contribution in [3.8, 4) is 0 Å². The molecule has 2 unspecified atom stereocenters. The highest BCUT2D eigenvalue weighted by atomic mass is 31.2. The Morgan fingerprint density at radius 1 is 1.67 bits per heavy atom. The normalized spacial score (nSPS) is 20.9. The highest BCUT2D eigenvalue weighted by Gasteiger charge is 2.23. The topological polar surface area (TPSA) is 57.5 Å². The molecular weight excluding hydrogens is 139 g/mol. The van der Waals surface area contributed by atoms with Crippen molar-refractivity contribution in [2.75, 3.05) is 6.35 Å². The predicted octanol–water partition coefficient (Wildman–Crippen LogP) is 1.01. The Labute approximate surface area is 55.2 Å². The van der Waals surface area contributed by atoms with Crippen LogP contribution in [-0.4, -0.2) is 22.0 Å². The molecule has 2 atom stereocenters. The maximum absolute atomic E-state index is 10.8. The van der Waals surface area contributed by atoms with Crippen molar-refractivity contribution < 1.29 is 14.6 Å². The van der Waals surface area contributed by atoms with Gasteiger partial charge in [0, 0.05) is 5.66 Å². The van der Waals surface area contributed by atoms with Crippen LogP contribution in [0.15, 0.2) is 0 Å². The van der Waals surface area contributed by atoms with E-state index < -0.39 is 13.7 Å². The van der Waals surface area contributed by atoms with E-state index in [1.54, 1.807) is 6.92 Å². The summed E-state index contributed by atoms with van der Waals surface area (Å²) in [5, 5.41) is 8.38. The lowest BCUT2D eigenvalue weighted by atomic mass is 10.4. The standard InChI is InChI=1S/C5H13O3P/c1-3-5(2)9(7,8)4-6/h5-6H,3-4H2,1-2H3,(H,7,8). The van der Waals surface area contributed by atoms with E-state index in [9.17, 15) is 4.57 Å². The molecule has 0 amide bonds. The molecule has 0 spiro atoms. The molecular formula is C5H13O3P. The van der Waals surface area contributed by atoms with Gasteiger partial charge >= 0.3 is 0 Å². The second kappa shape index (κ2) is 3.35. The summed E-state index contributed by atoms with van der Waals surface area (Å²) in [7, 11) is -3.21. The predicted molar refractivity (Wildman–Crippen MR) is 36.7 cm³/mol. The summed E-state index contributed by atoms with van der Waals surface area (Å²) in [4.78, 5) is 8.90. The van der Waals surface area contributed by atoms with Gasteiger partial charge in [-0.1, -0.05) is 13.8 Å². The van der Waals surface area contributed by atoms with E-state index in [1.165, 1.54) is 0 Å². The Bertz CT molecular complexity index is 123. The van der Waals surface area contributed by atoms with Gasteiger partial charge in [-0.3, -0.25) is 4.57 Å². The number of rotatable bonds is 3. The number of hydrogen-bond donors (Lipinski definition) is 2. The fourth-order valence-corrected chi connectivity index (χ4v) is 1.27. The molecule has 4 heteroatoms. The molecule has 0 rings (SSSR count). The second-order valence-corrected chi connectivity index (χ2v) is 4.83. The van der Waals surface area contributed by atoms with E-state index >= 15 is 0 Å². The summed E-state index contributed by atoms with van der Waals surface area (Å²) in [5.74, 6) is 0. The van der Waals surface area contributed by atoms with Crippen molar-refractivity contribution in [1.82, 2.24) is 0 Å². The Morgan fingerprint density at radius 3 is 2.22 bits per heavy atom. The molecule has 0 bridgehead atoms. The number of aliphatic hydroxyl groups is 1. The van der Waals surface area contributed by atoms with Crippen molar-refractivity contribution in [2.24, 2.45) is 0 Å². The van der Waals surface area contributed by atoms with Crippen LogP contribution in [0.3, 0.4) is 0 Å². The lowest BCUT2D eigenvalue weighted by Crippen LogP contribution is -2.03. The summed E-state index contributed by atoms with van der Waals surface area (Å²) in [6.45, 7) is 3.49. The van der Waals surface area contributed by atoms with Crippen molar-refractivity contribution in [3.63, 3.8) is 0 Å². The van der Waals surface area contributed by atoms with Gasteiger partial charge < -0.3 is 10.00 Å². The quantitative estimate of drug-likeness (QED) is 0.593. The monoisotopic (exact) mass is 152 g/mol. The van der Waals surface area contributed by atoms with E-state index in [0.29, 0.717) is 6.42 Å². The van der Waals surface area contributed by atoms with Gasteiger partial charge in [0.2, 0.25) is 7.37 Å². The zero-order valence-electron chi connectivity index (χ0n) is 5.74. The SMILES string of the molecule is CCC(C)P(=O)(O)CO. The van der Waals surface area contributed by atoms with Crippen LogP contribution < -0.4 is 0 Å². The molecule has 0 aliphatic rings. The van der Waals surface area contributed by atoms with Crippen LogP contribution in [0.4, 0.5) is 0 Å². The van der Waals surface area contributed by atoms with E-state index in [0.717, 1.165) is 0 Å². The van der Waals surface area contributed by atoms with Crippen molar-refractivity contribution >= 4 is 7.37 Å². The molecule has 9 heavy (non-hydrogen) atoms. The van der Waals surface area contributed by atoms with Gasteiger partial charge in [-0.25, -0.2) is 0 Å². The van der Waals surface area contributed by atoms with Crippen LogP contribution in [0.25, 0.3) is 0 Å². The van der Waals surface area contributed by atoms with Crippen molar-refractivity contribution in [3.05, 3.63) is 0 Å². The highest BCUT2D eigenvalue weighted by molar-refractivity contribution is 7.58. The minimum Gasteiger partial charge on any atom is -0.386 e. The second-order valence-electron chi connectivity index (χ2n) is 2.15. The minimum absolute atomic E-state index is 0.275. The van der Waals surface area contributed by atoms with Gasteiger partial charge in [-0.05, 0) is 6.42 Å².